The van der Waals surface area contributed by atoms with Crippen LogP contribution in [0.1, 0.15) is 44.8 Å². The number of nitrogens with one attached hydrogen (secondary N) is 1. The summed E-state index contributed by atoms with van der Waals surface area (Å²) in [5.74, 6) is 3.52. The second kappa shape index (κ2) is 7.70. The molecule has 0 aliphatic carbocycles. The van der Waals surface area contributed by atoms with E-state index >= 15 is 0 Å². The van der Waals surface area contributed by atoms with Gasteiger partial charge in [0.25, 0.3) is 0 Å². The molecule has 1 saturated heterocycles. The molecule has 1 fully saturated rings. The van der Waals surface area contributed by atoms with Crippen LogP contribution in [0.3, 0.4) is 0 Å². The van der Waals surface area contributed by atoms with Crippen molar-refractivity contribution >= 4 is 27.7 Å². The van der Waals surface area contributed by atoms with E-state index in [1.54, 1.807) is 0 Å². The molecule has 1 aliphatic rings. The van der Waals surface area contributed by atoms with Crippen LogP contribution in [-0.4, -0.2) is 27.8 Å². The molecule has 0 radical (unpaired) electrons. The van der Waals surface area contributed by atoms with Crippen LogP contribution in [0.4, 0.5) is 0 Å². The van der Waals surface area contributed by atoms with Crippen molar-refractivity contribution < 1.29 is 0 Å². The zero-order chi connectivity index (χ0) is 13.7. The summed E-state index contributed by atoms with van der Waals surface area (Å²) in [7, 11) is 0. The minimum atomic E-state index is 0.426. The van der Waals surface area contributed by atoms with E-state index in [1.165, 1.54) is 36.5 Å². The number of thioether (sulfide) groups is 1. The third-order valence-corrected chi connectivity index (χ3v) is 5.48. The highest BCUT2D eigenvalue weighted by Gasteiger charge is 2.24. The summed E-state index contributed by atoms with van der Waals surface area (Å²) in [6.45, 7) is 6.28. The summed E-state index contributed by atoms with van der Waals surface area (Å²) in [6.07, 6.45) is 5.90. The molecule has 2 heterocycles. The van der Waals surface area contributed by atoms with Gasteiger partial charge in [0.1, 0.15) is 0 Å². The highest BCUT2D eigenvalue weighted by atomic mass is 79.9. The van der Waals surface area contributed by atoms with Crippen LogP contribution in [0.25, 0.3) is 0 Å². The lowest BCUT2D eigenvalue weighted by Crippen LogP contribution is -2.27. The van der Waals surface area contributed by atoms with E-state index in [2.05, 4.69) is 56.6 Å². The minimum absolute atomic E-state index is 0.426. The maximum Gasteiger partial charge on any atom is 0.0695 e. The molecule has 1 unspecified atom stereocenters. The minimum Gasteiger partial charge on any atom is -0.309 e. The highest BCUT2D eigenvalue weighted by molar-refractivity contribution is 9.10. The fourth-order valence-corrected chi connectivity index (χ4v) is 4.60. The summed E-state index contributed by atoms with van der Waals surface area (Å²) in [5.41, 5.74) is 1.32. The molecule has 0 amide bonds. The van der Waals surface area contributed by atoms with Gasteiger partial charge >= 0.3 is 0 Å². The number of nitrogens with zero attached hydrogens (tertiary/aromatic N) is 2. The smallest absolute Gasteiger partial charge is 0.0695 e. The maximum atomic E-state index is 4.46. The predicted molar refractivity (Wildman–Crippen MR) is 86.7 cm³/mol. The van der Waals surface area contributed by atoms with E-state index in [1.807, 2.05) is 6.20 Å². The lowest BCUT2D eigenvalue weighted by atomic mass is 9.92. The van der Waals surface area contributed by atoms with E-state index in [9.17, 15) is 0 Å². The zero-order valence-corrected chi connectivity index (χ0v) is 14.3. The Bertz CT molecular complexity index is 388. The largest absolute Gasteiger partial charge is 0.309 e. The number of halogens is 1. The summed E-state index contributed by atoms with van der Waals surface area (Å²) in [4.78, 5) is 0. The van der Waals surface area contributed by atoms with Gasteiger partial charge in [-0.2, -0.15) is 16.9 Å². The number of aryl methyl sites for hydroxylation is 1. The molecule has 0 saturated carbocycles. The predicted octanol–water partition coefficient (Wildman–Crippen LogP) is 3.85. The molecular weight excluding hydrogens is 322 g/mol. The molecule has 0 bridgehead atoms. The highest BCUT2D eigenvalue weighted by Crippen LogP contribution is 2.33. The average molecular weight is 346 g/mol. The Morgan fingerprint density at radius 1 is 1.47 bits per heavy atom. The van der Waals surface area contributed by atoms with Gasteiger partial charge in [0.2, 0.25) is 0 Å². The summed E-state index contributed by atoms with van der Waals surface area (Å²) < 4.78 is 3.26. The second-order valence-electron chi connectivity index (χ2n) is 5.10. The van der Waals surface area contributed by atoms with Gasteiger partial charge < -0.3 is 5.32 Å². The Morgan fingerprint density at radius 2 is 2.21 bits per heavy atom. The molecule has 1 aromatic rings. The van der Waals surface area contributed by atoms with Gasteiger partial charge in [-0.15, -0.1) is 0 Å². The molecule has 0 spiro atoms. The fraction of sp³-hybridized carbons (Fsp3) is 0.786. The Balaban J connectivity index is 2.11. The summed E-state index contributed by atoms with van der Waals surface area (Å²) >= 11 is 5.77. The number of aromatic nitrogens is 2. The van der Waals surface area contributed by atoms with E-state index in [0.29, 0.717) is 6.04 Å². The van der Waals surface area contributed by atoms with Gasteiger partial charge in [0, 0.05) is 6.54 Å². The van der Waals surface area contributed by atoms with Crippen LogP contribution < -0.4 is 5.32 Å². The molecule has 1 atom stereocenters. The molecule has 1 aliphatic heterocycles. The zero-order valence-electron chi connectivity index (χ0n) is 11.9. The number of hydrogen-bond acceptors (Lipinski definition) is 3. The molecule has 5 heteroatoms. The van der Waals surface area contributed by atoms with Gasteiger partial charge in [-0.1, -0.05) is 6.92 Å². The van der Waals surface area contributed by atoms with Gasteiger partial charge in [-0.05, 0) is 66.1 Å². The Hall–Kier alpha value is 0. The average Bonchev–Trinajstić information content (AvgIpc) is 2.80. The normalized spacial score (nSPS) is 18.7. The first-order valence-electron chi connectivity index (χ1n) is 7.28. The summed E-state index contributed by atoms with van der Waals surface area (Å²) in [5, 5.41) is 8.11. The molecule has 1 aromatic heterocycles. The van der Waals surface area contributed by atoms with Gasteiger partial charge in [0.15, 0.2) is 0 Å². The van der Waals surface area contributed by atoms with Crippen molar-refractivity contribution in [1.82, 2.24) is 15.1 Å². The SMILES string of the molecule is CCNC(CC1CCSCC1)c1c(Br)cnn1CC. The first-order chi connectivity index (χ1) is 9.26. The van der Waals surface area contributed by atoms with Crippen LogP contribution in [0.2, 0.25) is 0 Å². The van der Waals surface area contributed by atoms with Crippen molar-refractivity contribution in [3.63, 3.8) is 0 Å². The Morgan fingerprint density at radius 3 is 2.84 bits per heavy atom. The first kappa shape index (κ1) is 15.4. The van der Waals surface area contributed by atoms with Gasteiger partial charge in [0.05, 0.1) is 22.4 Å². The van der Waals surface area contributed by atoms with Crippen LogP contribution in [0.15, 0.2) is 10.7 Å². The second-order valence-corrected chi connectivity index (χ2v) is 7.17. The molecule has 19 heavy (non-hydrogen) atoms. The van der Waals surface area contributed by atoms with E-state index in [-0.39, 0.29) is 0 Å². The number of rotatable bonds is 6. The standard InChI is InChI=1S/C14H24BrN3S/c1-3-16-13(9-11-5-7-19-8-6-11)14-12(15)10-17-18(14)4-2/h10-11,13,16H,3-9H2,1-2H3. The molecule has 2 rings (SSSR count). The van der Waals surface area contributed by atoms with Crippen molar-refractivity contribution in [3.8, 4) is 0 Å². The topological polar surface area (TPSA) is 29.9 Å². The van der Waals surface area contributed by atoms with Gasteiger partial charge in [-0.25, -0.2) is 0 Å². The van der Waals surface area contributed by atoms with Crippen LogP contribution in [-0.2, 0) is 6.54 Å². The molecule has 108 valence electrons. The van der Waals surface area contributed by atoms with Crippen molar-refractivity contribution in [2.24, 2.45) is 5.92 Å². The molecule has 3 nitrogen and oxygen atoms in total. The fourth-order valence-electron chi connectivity index (χ4n) is 2.82. The van der Waals surface area contributed by atoms with E-state index in [4.69, 9.17) is 0 Å². The lowest BCUT2D eigenvalue weighted by Gasteiger charge is -2.27. The third-order valence-electron chi connectivity index (χ3n) is 3.82. The quantitative estimate of drug-likeness (QED) is 0.849. The molecular formula is C14H24BrN3S. The third kappa shape index (κ3) is 3.99. The van der Waals surface area contributed by atoms with Gasteiger partial charge in [-0.3, -0.25) is 4.68 Å². The monoisotopic (exact) mass is 345 g/mol. The molecule has 0 aromatic carbocycles. The Kier molecular flexibility index (Phi) is 6.23. The van der Waals surface area contributed by atoms with Crippen molar-refractivity contribution in [2.75, 3.05) is 18.1 Å². The van der Waals surface area contributed by atoms with Crippen LogP contribution >= 0.6 is 27.7 Å². The number of hydrogen-bond donors (Lipinski definition) is 1. The first-order valence-corrected chi connectivity index (χ1v) is 9.23. The summed E-state index contributed by atoms with van der Waals surface area (Å²) in [6, 6.07) is 0.426. The van der Waals surface area contributed by atoms with E-state index < -0.39 is 0 Å². The molecule has 1 N–H and O–H groups in total. The van der Waals surface area contributed by atoms with Crippen LogP contribution in [0, 0.1) is 5.92 Å². The van der Waals surface area contributed by atoms with E-state index in [0.717, 1.165) is 23.5 Å². The van der Waals surface area contributed by atoms with Crippen molar-refractivity contribution in [2.45, 2.75) is 45.7 Å². The van der Waals surface area contributed by atoms with Crippen molar-refractivity contribution in [3.05, 3.63) is 16.4 Å². The van der Waals surface area contributed by atoms with Crippen molar-refractivity contribution in [1.29, 1.82) is 0 Å². The maximum absolute atomic E-state index is 4.46. The Labute approximate surface area is 129 Å². The lowest BCUT2D eigenvalue weighted by molar-refractivity contribution is 0.358. The van der Waals surface area contributed by atoms with Crippen LogP contribution in [0.5, 0.6) is 0 Å².